The lowest BCUT2D eigenvalue weighted by Crippen LogP contribution is -2.48. The zero-order chi connectivity index (χ0) is 49.1. The Morgan fingerprint density at radius 2 is 1.36 bits per heavy atom. The van der Waals surface area contributed by atoms with Gasteiger partial charge in [-0.3, -0.25) is 24.0 Å². The molecule has 2 saturated heterocycles. The van der Waals surface area contributed by atoms with Crippen LogP contribution in [0, 0.1) is 12.8 Å². The highest BCUT2D eigenvalue weighted by Crippen LogP contribution is 2.47. The summed E-state index contributed by atoms with van der Waals surface area (Å²) in [6, 6.07) is 14.7. The molecule has 5 amide bonds. The van der Waals surface area contributed by atoms with Crippen LogP contribution in [0.5, 0.6) is 5.75 Å². The third-order valence-electron chi connectivity index (χ3n) is 11.7. The van der Waals surface area contributed by atoms with Crippen molar-refractivity contribution < 1.29 is 42.9 Å². The van der Waals surface area contributed by atoms with Gasteiger partial charge in [0.1, 0.15) is 11.6 Å². The molecule has 0 saturated carbocycles. The number of amides is 5. The van der Waals surface area contributed by atoms with Crippen LogP contribution in [0.2, 0.25) is 0 Å². The molecule has 19 heteroatoms. The fraction of sp³-hybridized carbons (Fsp3) is 0.540. The number of fused-ring (bicyclic) bond motifs is 1. The maximum absolute atomic E-state index is 12.3. The van der Waals surface area contributed by atoms with Crippen molar-refractivity contribution in [2.45, 2.75) is 95.3 Å². The van der Waals surface area contributed by atoms with Gasteiger partial charge in [0.2, 0.25) is 35.5 Å². The van der Waals surface area contributed by atoms with E-state index < -0.39 is 0 Å². The molecular formula is C50H71N9O9S. The predicted molar refractivity (Wildman–Crippen MR) is 269 cm³/mol. The number of nitrogens with one attached hydrogen (secondary N) is 7. The van der Waals surface area contributed by atoms with Gasteiger partial charge in [-0.25, -0.2) is 4.98 Å². The van der Waals surface area contributed by atoms with Crippen LogP contribution in [0.3, 0.4) is 0 Å². The molecule has 2 fully saturated rings. The van der Waals surface area contributed by atoms with E-state index in [2.05, 4.69) is 60.7 Å². The zero-order valence-electron chi connectivity index (χ0n) is 40.2. The highest BCUT2D eigenvalue weighted by Gasteiger charge is 2.52. The molecule has 18 nitrogen and oxygen atoms in total. The van der Waals surface area contributed by atoms with Crippen molar-refractivity contribution >= 4 is 70.1 Å². The number of unbranched alkanes of at least 4 members (excludes halogenated alkanes) is 1. The topological polar surface area (TPSA) is 232 Å². The summed E-state index contributed by atoms with van der Waals surface area (Å²) in [4.78, 5) is 69.3. The van der Waals surface area contributed by atoms with E-state index >= 15 is 0 Å². The van der Waals surface area contributed by atoms with Crippen LogP contribution < -0.4 is 42.0 Å². The predicted octanol–water partition coefficient (Wildman–Crippen LogP) is 6.09. The van der Waals surface area contributed by atoms with Crippen LogP contribution in [0.4, 0.5) is 28.8 Å². The monoisotopic (exact) mass is 974 g/mol. The van der Waals surface area contributed by atoms with Crippen LogP contribution in [0.25, 0.3) is 0 Å². The molecule has 2 aromatic carbocycles. The minimum Gasteiger partial charge on any atom is -0.493 e. The smallest absolute Gasteiger partial charge is 0.247 e. The van der Waals surface area contributed by atoms with Gasteiger partial charge in [-0.2, -0.15) is 16.7 Å². The first-order chi connectivity index (χ1) is 33.5. The zero-order valence-corrected chi connectivity index (χ0v) is 41.0. The van der Waals surface area contributed by atoms with Crippen molar-refractivity contribution in [1.82, 2.24) is 31.2 Å². The van der Waals surface area contributed by atoms with E-state index in [-0.39, 0.29) is 47.9 Å². The van der Waals surface area contributed by atoms with Crippen molar-refractivity contribution in [3.8, 4) is 5.75 Å². The summed E-state index contributed by atoms with van der Waals surface area (Å²) in [5.74, 6) is 2.86. The summed E-state index contributed by atoms with van der Waals surface area (Å²) in [6.07, 6.45) is 9.96. The van der Waals surface area contributed by atoms with E-state index in [0.29, 0.717) is 132 Å². The van der Waals surface area contributed by atoms with Gasteiger partial charge in [-0.05, 0) is 94.5 Å². The molecule has 5 rings (SSSR count). The van der Waals surface area contributed by atoms with Crippen LogP contribution in [0.15, 0.2) is 67.4 Å². The Hall–Kier alpha value is -5.76. The molecule has 3 aromatic rings. The van der Waals surface area contributed by atoms with Gasteiger partial charge in [0, 0.05) is 105 Å². The van der Waals surface area contributed by atoms with Crippen LogP contribution in [-0.4, -0.2) is 122 Å². The molecule has 376 valence electrons. The standard InChI is InChI=1S/C50H71N9O9S/c1-4-43(60)55-38-13-7-14-39(32-38)56-48-36(2)34-54-49(58-48)57-40-15-8-16-41(33-40)68-26-12-23-53-46(63)20-9-19-45(62)52-22-11-25-66-28-30-67-29-27-65-24-10-21-51-44(61)18-6-5-17-42-50(3)37(35-69-42)31-47(64)59-50/h4,7-8,13-16,32-34,37,42H,1,5-6,9-12,17-31,35H2,2-3H3,(H,51,61)(H,52,62)(H,53,63)(H,55,60)(H,59,64)(H2,54,56,57,58)/t37-,42-,50-/m0/s1. The number of hydrogen-bond acceptors (Lipinski definition) is 14. The first-order valence-corrected chi connectivity index (χ1v) is 25.2. The molecule has 0 spiro atoms. The summed E-state index contributed by atoms with van der Waals surface area (Å²) in [5.41, 5.74) is 2.86. The molecule has 3 atom stereocenters. The molecule has 2 aliphatic rings. The third-order valence-corrected chi connectivity index (χ3v) is 13.4. The highest BCUT2D eigenvalue weighted by molar-refractivity contribution is 8.00. The minimum absolute atomic E-state index is 0.0706. The maximum Gasteiger partial charge on any atom is 0.247 e. The number of ether oxygens (including phenoxy) is 4. The molecule has 1 aromatic heterocycles. The number of nitrogens with zero attached hydrogens (tertiary/aromatic N) is 2. The fourth-order valence-corrected chi connectivity index (χ4v) is 9.67. The Bertz CT molecular complexity index is 2130. The first kappa shape index (κ1) is 54.2. The third kappa shape index (κ3) is 20.0. The molecule has 2 aliphatic heterocycles. The van der Waals surface area contributed by atoms with Crippen molar-refractivity contribution in [2.75, 3.05) is 87.6 Å². The van der Waals surface area contributed by atoms with E-state index in [9.17, 15) is 24.0 Å². The summed E-state index contributed by atoms with van der Waals surface area (Å²) in [7, 11) is 0. The molecular weight excluding hydrogens is 903 g/mol. The largest absolute Gasteiger partial charge is 0.493 e. The van der Waals surface area contributed by atoms with Crippen molar-refractivity contribution in [2.24, 2.45) is 5.92 Å². The van der Waals surface area contributed by atoms with Gasteiger partial charge < -0.3 is 56.2 Å². The average Bonchev–Trinajstić information content (AvgIpc) is 3.79. The number of anilines is 5. The number of aromatic nitrogens is 2. The van der Waals surface area contributed by atoms with Crippen molar-refractivity contribution in [3.63, 3.8) is 0 Å². The van der Waals surface area contributed by atoms with Gasteiger partial charge in [0.25, 0.3) is 0 Å². The lowest BCUT2D eigenvalue weighted by molar-refractivity contribution is -0.123. The Kier molecular flexibility index (Phi) is 23.5. The number of hydrogen-bond donors (Lipinski definition) is 7. The molecule has 69 heavy (non-hydrogen) atoms. The van der Waals surface area contributed by atoms with E-state index in [1.165, 1.54) is 6.08 Å². The molecule has 0 unspecified atom stereocenters. The minimum atomic E-state index is -0.296. The number of benzene rings is 2. The molecule has 0 bridgehead atoms. The SMILES string of the molecule is C=CC(=O)Nc1cccc(Nc2nc(Nc3cccc(OCCCNC(=O)CCCC(=O)NCCCOCCOCCOCCCNC(=O)CCCC[C@@H]4SC[C@@H]5CC(=O)N[C@@]54C)c3)ncc2C)c1. The normalized spacial score (nSPS) is 17.0. The molecule has 7 N–H and O–H groups in total. The number of thioether (sulfide) groups is 1. The van der Waals surface area contributed by atoms with E-state index in [1.807, 2.05) is 55.1 Å². The average molecular weight is 974 g/mol. The molecule has 0 radical (unpaired) electrons. The Balaban J connectivity index is 0.776. The van der Waals surface area contributed by atoms with Gasteiger partial charge in [0.05, 0.1) is 38.6 Å². The molecule has 0 aliphatic carbocycles. The van der Waals surface area contributed by atoms with E-state index in [4.69, 9.17) is 18.9 Å². The maximum atomic E-state index is 12.3. The van der Waals surface area contributed by atoms with Crippen LogP contribution >= 0.6 is 11.8 Å². The second-order valence-corrected chi connectivity index (χ2v) is 18.5. The summed E-state index contributed by atoms with van der Waals surface area (Å²) < 4.78 is 22.6. The van der Waals surface area contributed by atoms with Gasteiger partial charge in [-0.15, -0.1) is 0 Å². The van der Waals surface area contributed by atoms with E-state index in [1.54, 1.807) is 18.3 Å². The van der Waals surface area contributed by atoms with Crippen LogP contribution in [-0.2, 0) is 38.2 Å². The van der Waals surface area contributed by atoms with Crippen molar-refractivity contribution in [3.05, 3.63) is 72.9 Å². The number of carbonyl (C=O) groups is 5. The Morgan fingerprint density at radius 3 is 2.03 bits per heavy atom. The number of rotatable bonds is 34. The second kappa shape index (κ2) is 30.0. The Morgan fingerprint density at radius 1 is 0.768 bits per heavy atom. The van der Waals surface area contributed by atoms with E-state index in [0.717, 1.165) is 48.4 Å². The lowest BCUT2D eigenvalue weighted by Gasteiger charge is -2.30. The van der Waals surface area contributed by atoms with Gasteiger partial charge >= 0.3 is 0 Å². The Labute approximate surface area is 410 Å². The first-order valence-electron chi connectivity index (χ1n) is 24.1. The fourth-order valence-electron chi connectivity index (χ4n) is 7.81. The summed E-state index contributed by atoms with van der Waals surface area (Å²) >= 11 is 1.96. The van der Waals surface area contributed by atoms with Gasteiger partial charge in [-0.1, -0.05) is 25.1 Å². The number of carbonyl (C=O) groups excluding carboxylic acids is 5. The lowest BCUT2D eigenvalue weighted by atomic mass is 9.84. The summed E-state index contributed by atoms with van der Waals surface area (Å²) in [6.45, 7) is 12.4. The molecule has 3 heterocycles. The highest BCUT2D eigenvalue weighted by atomic mass is 32.2. The second-order valence-electron chi connectivity index (χ2n) is 17.2. The number of aryl methyl sites for hydroxylation is 1. The van der Waals surface area contributed by atoms with Crippen LogP contribution in [0.1, 0.15) is 83.1 Å². The summed E-state index contributed by atoms with van der Waals surface area (Å²) in [5, 5.41) is 21.6. The van der Waals surface area contributed by atoms with Gasteiger partial charge in [0.15, 0.2) is 0 Å². The van der Waals surface area contributed by atoms with Crippen molar-refractivity contribution in [1.29, 1.82) is 0 Å². The quantitative estimate of drug-likeness (QED) is 0.0266.